The van der Waals surface area contributed by atoms with E-state index in [0.717, 1.165) is 39.9 Å². The number of hydrogen-bond acceptors (Lipinski definition) is 8. The van der Waals surface area contributed by atoms with E-state index in [1.165, 1.54) is 24.9 Å². The molecule has 0 spiro atoms. The van der Waals surface area contributed by atoms with Crippen molar-refractivity contribution in [2.75, 3.05) is 20.8 Å². The van der Waals surface area contributed by atoms with Gasteiger partial charge in [0.25, 0.3) is 5.91 Å². The van der Waals surface area contributed by atoms with Crippen LogP contribution >= 0.6 is 11.3 Å². The number of carbonyl (C=O) groups is 3. The Hall–Kier alpha value is -3.42. The molecule has 1 aliphatic heterocycles. The molecule has 4 rings (SSSR count). The predicted octanol–water partition coefficient (Wildman–Crippen LogP) is 2.08. The molecule has 1 aromatic heterocycles. The van der Waals surface area contributed by atoms with Crippen molar-refractivity contribution in [3.8, 4) is 0 Å². The summed E-state index contributed by atoms with van der Waals surface area (Å²) in [5, 5.41) is 0. The van der Waals surface area contributed by atoms with Gasteiger partial charge in [-0.15, -0.1) is 0 Å². The Labute approximate surface area is 209 Å². The molecule has 3 aromatic rings. The fourth-order valence-corrected chi connectivity index (χ4v) is 6.66. The summed E-state index contributed by atoms with van der Waals surface area (Å²) in [4.78, 5) is 41.4. The number of rotatable bonds is 6. The van der Waals surface area contributed by atoms with Crippen LogP contribution in [0.5, 0.6) is 0 Å². The number of benzene rings is 2. The number of thiazole rings is 1. The number of aromatic nitrogens is 1. The molecule has 0 N–H and O–H groups in total. The highest BCUT2D eigenvalue weighted by Crippen LogP contribution is 2.27. The lowest BCUT2D eigenvalue weighted by Crippen LogP contribution is -2.40. The van der Waals surface area contributed by atoms with Crippen LogP contribution in [-0.4, -0.2) is 61.9 Å². The topological polar surface area (TPSA) is 124 Å². The molecule has 0 radical (unpaired) electrons. The van der Waals surface area contributed by atoms with Gasteiger partial charge in [0.2, 0.25) is 10.0 Å². The maximum Gasteiger partial charge on any atom is 0.337 e. The van der Waals surface area contributed by atoms with Gasteiger partial charge in [-0.1, -0.05) is 11.3 Å². The summed E-state index contributed by atoms with van der Waals surface area (Å²) in [7, 11) is -1.58. The highest BCUT2D eigenvalue weighted by atomic mass is 32.2. The van der Waals surface area contributed by atoms with Crippen LogP contribution in [0.2, 0.25) is 0 Å². The van der Waals surface area contributed by atoms with E-state index < -0.39 is 39.7 Å². The van der Waals surface area contributed by atoms with Gasteiger partial charge in [-0.2, -0.15) is 9.30 Å². The molecule has 13 heteroatoms. The summed E-state index contributed by atoms with van der Waals surface area (Å²) in [6, 6.07) is 8.01. The summed E-state index contributed by atoms with van der Waals surface area (Å²) < 4.78 is 52.2. The Bertz CT molecular complexity index is 1510. The molecular formula is C23H22FN3O7S2. The van der Waals surface area contributed by atoms with Gasteiger partial charge in [0, 0.05) is 6.54 Å². The monoisotopic (exact) mass is 535 g/mol. The lowest BCUT2D eigenvalue weighted by molar-refractivity contribution is -0.141. The predicted molar refractivity (Wildman–Crippen MR) is 127 cm³/mol. The molecule has 0 aliphatic carbocycles. The molecule has 1 aliphatic rings. The summed E-state index contributed by atoms with van der Waals surface area (Å²) in [5.74, 6) is -2.40. The summed E-state index contributed by atoms with van der Waals surface area (Å²) >= 11 is 1.06. The van der Waals surface area contributed by atoms with Crippen molar-refractivity contribution < 1.29 is 36.7 Å². The van der Waals surface area contributed by atoms with Gasteiger partial charge in [0.1, 0.15) is 18.4 Å². The average molecular weight is 536 g/mol. The van der Waals surface area contributed by atoms with Gasteiger partial charge in [0.15, 0.2) is 4.80 Å². The number of nitrogens with zero attached hydrogens (tertiary/aromatic N) is 3. The summed E-state index contributed by atoms with van der Waals surface area (Å²) in [6.45, 7) is -0.134. The van der Waals surface area contributed by atoms with Crippen LogP contribution in [0, 0.1) is 5.82 Å². The van der Waals surface area contributed by atoms with Gasteiger partial charge in [-0.25, -0.2) is 17.6 Å². The number of fused-ring (bicyclic) bond motifs is 1. The molecule has 2 heterocycles. The van der Waals surface area contributed by atoms with Crippen molar-refractivity contribution in [2.24, 2.45) is 4.99 Å². The number of halogens is 1. The number of carbonyl (C=O) groups excluding carboxylic acids is 3. The van der Waals surface area contributed by atoms with Crippen LogP contribution in [-0.2, 0) is 35.6 Å². The highest BCUT2D eigenvalue weighted by Gasteiger charge is 2.39. The van der Waals surface area contributed by atoms with Crippen molar-refractivity contribution >= 4 is 49.4 Å². The molecule has 1 amide bonds. The number of amides is 1. The molecular weight excluding hydrogens is 513 g/mol. The van der Waals surface area contributed by atoms with E-state index in [9.17, 15) is 27.2 Å². The van der Waals surface area contributed by atoms with E-state index in [4.69, 9.17) is 9.47 Å². The third-order valence-corrected chi connectivity index (χ3v) is 8.70. The molecule has 0 saturated carbocycles. The van der Waals surface area contributed by atoms with E-state index in [1.807, 2.05) is 0 Å². The average Bonchev–Trinajstić information content (AvgIpc) is 3.49. The van der Waals surface area contributed by atoms with Crippen molar-refractivity contribution in [1.29, 1.82) is 0 Å². The SMILES string of the molecule is COC(=O)Cn1c(=NC(=O)C2CCCN2S(=O)(=O)c2ccc(F)cc2)sc2cc(C(=O)OC)ccc21. The second-order valence-electron chi connectivity index (χ2n) is 7.90. The first-order chi connectivity index (χ1) is 17.1. The third kappa shape index (κ3) is 4.94. The zero-order valence-corrected chi connectivity index (χ0v) is 21.0. The minimum atomic E-state index is -4.06. The smallest absolute Gasteiger partial charge is 0.337 e. The Morgan fingerprint density at radius 1 is 1.11 bits per heavy atom. The standard InChI is InChI=1S/C23H22FN3O7S2/c1-33-20(28)13-26-17-10-5-14(22(30)34-2)12-19(17)35-23(26)25-21(29)18-4-3-11-27(18)36(31,32)16-8-6-15(24)7-9-16/h5-10,12,18H,3-4,11,13H2,1-2H3. The number of methoxy groups -OCH3 is 2. The van der Waals surface area contributed by atoms with E-state index in [0.29, 0.717) is 16.6 Å². The van der Waals surface area contributed by atoms with Gasteiger partial charge in [-0.05, 0) is 55.3 Å². The molecule has 2 aromatic carbocycles. The van der Waals surface area contributed by atoms with Gasteiger partial charge in [-0.3, -0.25) is 9.59 Å². The molecule has 36 heavy (non-hydrogen) atoms. The molecule has 1 unspecified atom stereocenters. The maximum atomic E-state index is 13.3. The van der Waals surface area contributed by atoms with Crippen molar-refractivity contribution in [3.63, 3.8) is 0 Å². The van der Waals surface area contributed by atoms with E-state index in [1.54, 1.807) is 12.1 Å². The Kier molecular flexibility index (Phi) is 7.33. The number of esters is 2. The lowest BCUT2D eigenvalue weighted by atomic mass is 10.2. The fraction of sp³-hybridized carbons (Fsp3) is 0.304. The zero-order chi connectivity index (χ0) is 26.0. The van der Waals surface area contributed by atoms with Crippen molar-refractivity contribution in [1.82, 2.24) is 8.87 Å². The van der Waals surface area contributed by atoms with Crippen molar-refractivity contribution in [3.05, 3.63) is 58.6 Å². The van der Waals surface area contributed by atoms with Crippen LogP contribution < -0.4 is 4.80 Å². The summed E-state index contributed by atoms with van der Waals surface area (Å²) in [5.41, 5.74) is 0.813. The molecule has 1 atom stereocenters. The second-order valence-corrected chi connectivity index (χ2v) is 10.8. The van der Waals surface area contributed by atoms with Crippen LogP contribution in [0.3, 0.4) is 0 Å². The highest BCUT2D eigenvalue weighted by molar-refractivity contribution is 7.89. The molecule has 10 nitrogen and oxygen atoms in total. The quantitative estimate of drug-likeness (QED) is 0.443. The largest absolute Gasteiger partial charge is 0.468 e. The first-order valence-corrected chi connectivity index (χ1v) is 13.1. The third-order valence-electron chi connectivity index (χ3n) is 5.73. The van der Waals surface area contributed by atoms with Crippen LogP contribution in [0.25, 0.3) is 10.2 Å². The first-order valence-electron chi connectivity index (χ1n) is 10.8. The van der Waals surface area contributed by atoms with Gasteiger partial charge in [0.05, 0.1) is 34.9 Å². The van der Waals surface area contributed by atoms with Crippen molar-refractivity contribution in [2.45, 2.75) is 30.3 Å². The number of hydrogen-bond donors (Lipinski definition) is 0. The maximum absolute atomic E-state index is 13.3. The normalized spacial score (nSPS) is 16.9. The van der Waals surface area contributed by atoms with Gasteiger partial charge >= 0.3 is 11.9 Å². The molecule has 1 saturated heterocycles. The minimum absolute atomic E-state index is 0.114. The lowest BCUT2D eigenvalue weighted by Gasteiger charge is -2.21. The fourth-order valence-electron chi connectivity index (χ4n) is 3.94. The molecule has 0 bridgehead atoms. The van der Waals surface area contributed by atoms with E-state index >= 15 is 0 Å². The van der Waals surface area contributed by atoms with Gasteiger partial charge < -0.3 is 14.0 Å². The second kappa shape index (κ2) is 10.3. The Morgan fingerprint density at radius 3 is 2.50 bits per heavy atom. The first kappa shape index (κ1) is 25.7. The number of ether oxygens (including phenoxy) is 2. The van der Waals surface area contributed by atoms with Crippen LogP contribution in [0.15, 0.2) is 52.4 Å². The molecule has 190 valence electrons. The summed E-state index contributed by atoms with van der Waals surface area (Å²) in [6.07, 6.45) is 0.709. The van der Waals surface area contributed by atoms with Crippen LogP contribution in [0.4, 0.5) is 4.39 Å². The molecule has 1 fully saturated rings. The zero-order valence-electron chi connectivity index (χ0n) is 19.3. The number of sulfonamides is 1. The Balaban J connectivity index is 1.75. The van der Waals surface area contributed by atoms with E-state index in [2.05, 4.69) is 4.99 Å². The Morgan fingerprint density at radius 2 is 1.83 bits per heavy atom. The minimum Gasteiger partial charge on any atom is -0.468 e. The van der Waals surface area contributed by atoms with E-state index in [-0.39, 0.29) is 34.8 Å². The van der Waals surface area contributed by atoms with Crippen LogP contribution in [0.1, 0.15) is 23.2 Å².